The van der Waals surface area contributed by atoms with Crippen molar-refractivity contribution in [1.29, 1.82) is 0 Å². The first kappa shape index (κ1) is 39.2. The second-order valence-corrected chi connectivity index (χ2v) is 14.7. The quantitative estimate of drug-likeness (QED) is 0.0815. The Hall–Kier alpha value is -2.22. The highest BCUT2D eigenvalue weighted by molar-refractivity contribution is 5.30. The molecule has 1 aliphatic heterocycles. The van der Waals surface area contributed by atoms with Crippen LogP contribution >= 0.6 is 0 Å². The Labute approximate surface area is 292 Å². The first-order valence-electron chi connectivity index (χ1n) is 20.6. The maximum Gasteiger partial charge on any atom is 0.123 e. The van der Waals surface area contributed by atoms with E-state index in [2.05, 4.69) is 104 Å². The zero-order valence-corrected chi connectivity index (χ0v) is 31.3. The molecule has 2 nitrogen and oxygen atoms in total. The van der Waals surface area contributed by atoms with Crippen LogP contribution in [0.4, 0.5) is 0 Å². The molecule has 0 aromatic heterocycles. The summed E-state index contributed by atoms with van der Waals surface area (Å²) in [5.41, 5.74) is 2.88. The van der Waals surface area contributed by atoms with Crippen molar-refractivity contribution in [2.24, 2.45) is 0 Å². The monoisotopic (exact) mass is 643 g/mol. The lowest BCUT2D eigenvalue weighted by Gasteiger charge is -2.51. The summed E-state index contributed by atoms with van der Waals surface area (Å²) in [6.07, 6.45) is 37.9. The Morgan fingerprint density at radius 1 is 0.447 bits per heavy atom. The molecule has 2 heteroatoms. The van der Waals surface area contributed by atoms with Crippen LogP contribution in [0.15, 0.2) is 73.1 Å². The minimum Gasteiger partial charge on any atom is -0.353 e. The molecule has 1 heterocycles. The molecule has 264 valence electrons. The van der Waals surface area contributed by atoms with Gasteiger partial charge in [-0.1, -0.05) is 210 Å². The maximum absolute atomic E-state index is 2.78. The lowest BCUT2D eigenvalue weighted by molar-refractivity contribution is -0.00378. The van der Waals surface area contributed by atoms with Crippen molar-refractivity contribution in [1.82, 2.24) is 9.80 Å². The topological polar surface area (TPSA) is 6.48 Å². The smallest absolute Gasteiger partial charge is 0.123 e. The van der Waals surface area contributed by atoms with E-state index < -0.39 is 0 Å². The van der Waals surface area contributed by atoms with Crippen molar-refractivity contribution in [2.75, 3.05) is 13.1 Å². The normalized spacial score (nSPS) is 16.7. The summed E-state index contributed by atoms with van der Waals surface area (Å²) >= 11 is 0. The third kappa shape index (κ3) is 14.0. The molecule has 47 heavy (non-hydrogen) atoms. The third-order valence-corrected chi connectivity index (χ3v) is 10.9. The first-order valence-corrected chi connectivity index (χ1v) is 20.6. The highest BCUT2D eigenvalue weighted by atomic mass is 15.4. The maximum atomic E-state index is 2.78. The summed E-state index contributed by atoms with van der Waals surface area (Å²) in [6, 6.07) is 22.8. The molecule has 0 saturated carbocycles. The highest BCUT2D eigenvalue weighted by Gasteiger charge is 2.49. The summed E-state index contributed by atoms with van der Waals surface area (Å²) in [7, 11) is 0. The molecule has 2 aromatic carbocycles. The molecule has 3 rings (SSSR count). The summed E-state index contributed by atoms with van der Waals surface area (Å²) in [6.45, 7) is 9.34. The molecule has 0 fully saturated rings. The Balaban J connectivity index is 1.59. The third-order valence-electron chi connectivity index (χ3n) is 10.9. The number of unbranched alkanes of at least 4 members (excludes halogenated alkanes) is 20. The van der Waals surface area contributed by atoms with Crippen LogP contribution in [-0.2, 0) is 6.42 Å². The molecule has 0 saturated heterocycles. The minimum absolute atomic E-state index is 0.0604. The van der Waals surface area contributed by atoms with E-state index in [4.69, 9.17) is 0 Å². The van der Waals surface area contributed by atoms with E-state index in [0.717, 1.165) is 25.9 Å². The zero-order valence-electron chi connectivity index (χ0n) is 31.3. The summed E-state index contributed by atoms with van der Waals surface area (Å²) in [5.74, 6) is 0.444. The Morgan fingerprint density at radius 3 is 1.19 bits per heavy atom. The van der Waals surface area contributed by atoms with Crippen LogP contribution in [0, 0.1) is 0 Å². The van der Waals surface area contributed by atoms with Crippen molar-refractivity contribution in [3.63, 3.8) is 0 Å². The Morgan fingerprint density at radius 2 is 0.809 bits per heavy atom. The van der Waals surface area contributed by atoms with E-state index in [1.807, 2.05) is 0 Å². The van der Waals surface area contributed by atoms with Crippen LogP contribution in [0.25, 0.3) is 0 Å². The van der Waals surface area contributed by atoms with E-state index in [0.29, 0.717) is 5.92 Å². The van der Waals surface area contributed by atoms with Crippen LogP contribution in [0.3, 0.4) is 0 Å². The minimum atomic E-state index is -0.0604. The van der Waals surface area contributed by atoms with Gasteiger partial charge >= 0.3 is 0 Å². The molecule has 0 spiro atoms. The summed E-state index contributed by atoms with van der Waals surface area (Å²) in [5, 5.41) is 0. The molecular weight excluding hydrogens is 569 g/mol. The molecule has 0 amide bonds. The molecule has 0 N–H and O–H groups in total. The average molecular weight is 643 g/mol. The van der Waals surface area contributed by atoms with Crippen molar-refractivity contribution < 1.29 is 0 Å². The Kier molecular flexibility index (Phi) is 20.7. The predicted molar refractivity (Wildman–Crippen MR) is 208 cm³/mol. The van der Waals surface area contributed by atoms with Crippen LogP contribution < -0.4 is 0 Å². The molecule has 0 aliphatic carbocycles. The largest absolute Gasteiger partial charge is 0.353 e. The van der Waals surface area contributed by atoms with Crippen LogP contribution in [-0.4, -0.2) is 28.6 Å². The number of benzene rings is 2. The van der Waals surface area contributed by atoms with Gasteiger partial charge in [-0.05, 0) is 30.4 Å². The van der Waals surface area contributed by atoms with E-state index in [1.165, 1.54) is 152 Å². The molecule has 1 aliphatic rings. The number of hydrogen-bond acceptors (Lipinski definition) is 2. The van der Waals surface area contributed by atoms with Crippen molar-refractivity contribution in [3.05, 3.63) is 84.2 Å². The van der Waals surface area contributed by atoms with Gasteiger partial charge in [0.2, 0.25) is 0 Å². The Bertz CT molecular complexity index is 1020. The molecule has 2 unspecified atom stereocenters. The number of nitrogens with zero attached hydrogens (tertiary/aromatic N) is 2. The second kappa shape index (κ2) is 24.9. The summed E-state index contributed by atoms with van der Waals surface area (Å²) in [4.78, 5) is 5.56. The van der Waals surface area contributed by atoms with Gasteiger partial charge in [0.1, 0.15) is 5.66 Å². The highest BCUT2D eigenvalue weighted by Crippen LogP contribution is 2.45. The van der Waals surface area contributed by atoms with Gasteiger partial charge in [-0.15, -0.1) is 0 Å². The van der Waals surface area contributed by atoms with E-state index >= 15 is 0 Å². The summed E-state index contributed by atoms with van der Waals surface area (Å²) < 4.78 is 0. The fraction of sp³-hybridized carbons (Fsp3) is 0.689. The second-order valence-electron chi connectivity index (χ2n) is 14.7. The van der Waals surface area contributed by atoms with E-state index in [1.54, 1.807) is 0 Å². The fourth-order valence-electron chi connectivity index (χ4n) is 8.15. The van der Waals surface area contributed by atoms with Gasteiger partial charge in [0, 0.05) is 37.8 Å². The molecule has 0 radical (unpaired) electrons. The number of hydrogen-bond donors (Lipinski definition) is 0. The molecule has 2 aromatic rings. The van der Waals surface area contributed by atoms with Gasteiger partial charge in [0.25, 0.3) is 0 Å². The SMILES string of the molecule is CCCCCCCCCCCCCCCCN1C=CN(CCCCCCCCCC)C1(Cc1ccccc1)C(CC)c1ccccc1. The van der Waals surface area contributed by atoms with Gasteiger partial charge in [-0.2, -0.15) is 0 Å². The lowest BCUT2D eigenvalue weighted by atomic mass is 9.78. The van der Waals surface area contributed by atoms with Gasteiger partial charge in [-0.3, -0.25) is 0 Å². The molecule has 0 bridgehead atoms. The van der Waals surface area contributed by atoms with Crippen molar-refractivity contribution >= 4 is 0 Å². The van der Waals surface area contributed by atoms with E-state index in [-0.39, 0.29) is 5.66 Å². The first-order chi connectivity index (χ1) is 23.3. The van der Waals surface area contributed by atoms with Crippen molar-refractivity contribution in [2.45, 2.75) is 186 Å². The lowest BCUT2D eigenvalue weighted by Crippen LogP contribution is -2.59. The van der Waals surface area contributed by atoms with Gasteiger partial charge < -0.3 is 9.80 Å². The standard InChI is InChI=1S/C45H74N2/c1-4-7-9-11-13-15-16-17-18-19-20-22-24-32-38-47-40-39-46(37-31-23-21-14-12-10-8-5-2)45(47,41-42-33-27-25-28-34-42)44(6-3)43-35-29-26-30-36-43/h25-30,33-36,39-40,44H,4-24,31-32,37-38,41H2,1-3H3. The van der Waals surface area contributed by atoms with Gasteiger partial charge in [-0.25, -0.2) is 0 Å². The van der Waals surface area contributed by atoms with Crippen LogP contribution in [0.5, 0.6) is 0 Å². The predicted octanol–water partition coefficient (Wildman–Crippen LogP) is 13.8. The van der Waals surface area contributed by atoms with Crippen LogP contribution in [0.2, 0.25) is 0 Å². The van der Waals surface area contributed by atoms with Gasteiger partial charge in [0.15, 0.2) is 0 Å². The average Bonchev–Trinajstić information content (AvgIpc) is 3.43. The van der Waals surface area contributed by atoms with Crippen LogP contribution in [0.1, 0.15) is 185 Å². The molecular formula is C45H74N2. The van der Waals surface area contributed by atoms with Gasteiger partial charge in [0.05, 0.1) is 0 Å². The molecule has 2 atom stereocenters. The zero-order chi connectivity index (χ0) is 33.3. The fourth-order valence-corrected chi connectivity index (χ4v) is 8.15. The van der Waals surface area contributed by atoms with Crippen molar-refractivity contribution in [3.8, 4) is 0 Å². The van der Waals surface area contributed by atoms with E-state index in [9.17, 15) is 0 Å². The number of rotatable bonds is 29.